The second-order valence-corrected chi connectivity index (χ2v) is 2.23. The summed E-state index contributed by atoms with van der Waals surface area (Å²) in [6.07, 6.45) is 0.0983. The van der Waals surface area contributed by atoms with Crippen LogP contribution in [0.15, 0.2) is 0 Å². The minimum Gasteiger partial charge on any atom is -0.293 e. The molecule has 0 heterocycles. The highest BCUT2D eigenvalue weighted by molar-refractivity contribution is 5.85. The molecule has 0 aliphatic carbocycles. The quantitative estimate of drug-likeness (QED) is 0.601. The van der Waals surface area contributed by atoms with Crippen molar-refractivity contribution in [3.63, 3.8) is 0 Å². The Balaban J connectivity index is 3.91. The van der Waals surface area contributed by atoms with Crippen LogP contribution >= 0.6 is 0 Å². The summed E-state index contributed by atoms with van der Waals surface area (Å²) in [5.41, 5.74) is 0. The number of hydrogen-bond acceptors (Lipinski definition) is 1. The van der Waals surface area contributed by atoms with Gasteiger partial charge in [0.1, 0.15) is 0 Å². The zero-order valence-electron chi connectivity index (χ0n) is 6.29. The minimum absolute atomic E-state index is 0.0131. The fourth-order valence-electron chi connectivity index (χ4n) is 0.607. The first kappa shape index (κ1) is 9.53. The number of hydrogen-bond donors (Lipinski definition) is 0. The number of Topliss-reactive ketones (excluding diaryl/α,β-unsaturated/α-hetero) is 1. The monoisotopic (exact) mass is 150 g/mol. The molecular weight excluding hydrogens is 138 g/mol. The van der Waals surface area contributed by atoms with Crippen LogP contribution in [0.25, 0.3) is 0 Å². The van der Waals surface area contributed by atoms with Gasteiger partial charge in [0.15, 0.2) is 0 Å². The van der Waals surface area contributed by atoms with E-state index in [1.807, 2.05) is 0 Å². The van der Waals surface area contributed by atoms with Crippen LogP contribution in [-0.2, 0) is 4.79 Å². The predicted octanol–water partition coefficient (Wildman–Crippen LogP) is 2.40. The van der Waals surface area contributed by atoms with Crippen molar-refractivity contribution < 1.29 is 13.6 Å². The van der Waals surface area contributed by atoms with Crippen molar-refractivity contribution in [2.24, 2.45) is 0 Å². The molecule has 1 nitrogen and oxygen atoms in total. The molecule has 0 fully saturated rings. The standard InChI is InChI=1S/C7H12F2O/c1-3-5-6(10)7(8,9)4-2/h3-5H2,1-2H3. The fraction of sp³-hybridized carbons (Fsp3) is 0.857. The third-order valence-electron chi connectivity index (χ3n) is 1.33. The molecule has 10 heavy (non-hydrogen) atoms. The van der Waals surface area contributed by atoms with Crippen LogP contribution in [0.4, 0.5) is 8.78 Å². The summed E-state index contributed by atoms with van der Waals surface area (Å²) in [6, 6.07) is 0. The Morgan fingerprint density at radius 1 is 1.40 bits per heavy atom. The Labute approximate surface area is 59.4 Å². The fourth-order valence-corrected chi connectivity index (χ4v) is 0.607. The number of ketones is 1. The van der Waals surface area contributed by atoms with E-state index in [1.165, 1.54) is 6.92 Å². The van der Waals surface area contributed by atoms with E-state index < -0.39 is 11.7 Å². The van der Waals surface area contributed by atoms with Crippen molar-refractivity contribution in [3.05, 3.63) is 0 Å². The van der Waals surface area contributed by atoms with E-state index in [2.05, 4.69) is 0 Å². The molecule has 0 aromatic heterocycles. The van der Waals surface area contributed by atoms with Crippen LogP contribution in [0.3, 0.4) is 0 Å². The normalized spacial score (nSPS) is 11.6. The van der Waals surface area contributed by atoms with Crippen molar-refractivity contribution in [2.45, 2.75) is 39.0 Å². The maximum Gasteiger partial charge on any atom is 0.305 e. The van der Waals surface area contributed by atoms with Crippen molar-refractivity contribution in [3.8, 4) is 0 Å². The van der Waals surface area contributed by atoms with Gasteiger partial charge in [0.05, 0.1) is 0 Å². The van der Waals surface area contributed by atoms with Gasteiger partial charge >= 0.3 is 5.92 Å². The average molecular weight is 150 g/mol. The molecule has 0 aromatic carbocycles. The van der Waals surface area contributed by atoms with Crippen molar-refractivity contribution in [1.29, 1.82) is 0 Å². The Bertz CT molecular complexity index is 121. The van der Waals surface area contributed by atoms with Gasteiger partial charge in [-0.25, -0.2) is 0 Å². The summed E-state index contributed by atoms with van der Waals surface area (Å²) in [5.74, 6) is -4.02. The van der Waals surface area contributed by atoms with Gasteiger partial charge in [-0.1, -0.05) is 13.8 Å². The average Bonchev–Trinajstić information content (AvgIpc) is 1.89. The van der Waals surface area contributed by atoms with Crippen LogP contribution in [0, 0.1) is 0 Å². The molecule has 0 bridgehead atoms. The van der Waals surface area contributed by atoms with Gasteiger partial charge < -0.3 is 0 Å². The van der Waals surface area contributed by atoms with Gasteiger partial charge in [0.2, 0.25) is 5.78 Å². The van der Waals surface area contributed by atoms with Gasteiger partial charge in [0.25, 0.3) is 0 Å². The molecule has 3 heteroatoms. The van der Waals surface area contributed by atoms with E-state index in [-0.39, 0.29) is 12.8 Å². The van der Waals surface area contributed by atoms with Gasteiger partial charge in [0, 0.05) is 12.8 Å². The van der Waals surface area contributed by atoms with Gasteiger partial charge in [-0.3, -0.25) is 4.79 Å². The molecule has 0 saturated heterocycles. The van der Waals surface area contributed by atoms with E-state index in [9.17, 15) is 13.6 Å². The first-order chi connectivity index (χ1) is 4.54. The van der Waals surface area contributed by atoms with Crippen LogP contribution in [0.1, 0.15) is 33.1 Å². The lowest BCUT2D eigenvalue weighted by molar-refractivity contribution is -0.143. The van der Waals surface area contributed by atoms with Gasteiger partial charge in [-0.15, -0.1) is 0 Å². The molecule has 0 unspecified atom stereocenters. The molecule has 60 valence electrons. The van der Waals surface area contributed by atoms with Crippen molar-refractivity contribution in [1.82, 2.24) is 0 Å². The minimum atomic E-state index is -3.09. The zero-order chi connectivity index (χ0) is 8.20. The molecule has 0 rings (SSSR count). The largest absolute Gasteiger partial charge is 0.305 e. The van der Waals surface area contributed by atoms with E-state index in [0.717, 1.165) is 0 Å². The molecule has 0 aliphatic heterocycles. The highest BCUT2D eigenvalue weighted by Crippen LogP contribution is 2.20. The van der Waals surface area contributed by atoms with Crippen LogP contribution in [0.5, 0.6) is 0 Å². The summed E-state index contributed by atoms with van der Waals surface area (Å²) >= 11 is 0. The Kier molecular flexibility index (Phi) is 3.47. The second-order valence-electron chi connectivity index (χ2n) is 2.23. The third-order valence-corrected chi connectivity index (χ3v) is 1.33. The number of rotatable bonds is 4. The lowest BCUT2D eigenvalue weighted by Gasteiger charge is -2.10. The summed E-state index contributed by atoms with van der Waals surface area (Å²) in [4.78, 5) is 10.5. The highest BCUT2D eigenvalue weighted by Gasteiger charge is 2.34. The Hall–Kier alpha value is -0.470. The van der Waals surface area contributed by atoms with Gasteiger partial charge in [-0.2, -0.15) is 8.78 Å². The maximum absolute atomic E-state index is 12.4. The van der Waals surface area contributed by atoms with Crippen molar-refractivity contribution in [2.75, 3.05) is 0 Å². The summed E-state index contributed by atoms with van der Waals surface area (Å²) < 4.78 is 24.8. The van der Waals surface area contributed by atoms with Crippen LogP contribution in [-0.4, -0.2) is 11.7 Å². The molecule has 0 atom stereocenters. The first-order valence-electron chi connectivity index (χ1n) is 3.45. The van der Waals surface area contributed by atoms with Crippen LogP contribution < -0.4 is 0 Å². The lowest BCUT2D eigenvalue weighted by atomic mass is 10.1. The lowest BCUT2D eigenvalue weighted by Crippen LogP contribution is -2.26. The van der Waals surface area contributed by atoms with E-state index >= 15 is 0 Å². The highest BCUT2D eigenvalue weighted by atomic mass is 19.3. The first-order valence-corrected chi connectivity index (χ1v) is 3.45. The van der Waals surface area contributed by atoms with Gasteiger partial charge in [-0.05, 0) is 6.42 Å². The number of alkyl halides is 2. The smallest absolute Gasteiger partial charge is 0.293 e. The Morgan fingerprint density at radius 2 is 1.90 bits per heavy atom. The van der Waals surface area contributed by atoms with Crippen molar-refractivity contribution >= 4 is 5.78 Å². The third kappa shape index (κ3) is 2.42. The predicted molar refractivity (Wildman–Crippen MR) is 35.2 cm³/mol. The molecule has 0 saturated carbocycles. The molecule has 0 aliphatic rings. The summed E-state index contributed by atoms with van der Waals surface area (Å²) in [5, 5.41) is 0. The van der Waals surface area contributed by atoms with E-state index in [4.69, 9.17) is 0 Å². The second kappa shape index (κ2) is 3.64. The number of carbonyl (C=O) groups excluding carboxylic acids is 1. The zero-order valence-corrected chi connectivity index (χ0v) is 6.29. The Morgan fingerprint density at radius 3 is 2.20 bits per heavy atom. The SMILES string of the molecule is CCCC(=O)C(F)(F)CC. The molecule has 0 aromatic rings. The molecule has 0 spiro atoms. The maximum atomic E-state index is 12.4. The topological polar surface area (TPSA) is 17.1 Å². The molecule has 0 radical (unpaired) electrons. The van der Waals surface area contributed by atoms with E-state index in [0.29, 0.717) is 6.42 Å². The number of halogens is 2. The van der Waals surface area contributed by atoms with Crippen LogP contribution in [0.2, 0.25) is 0 Å². The summed E-state index contributed by atoms with van der Waals surface area (Å²) in [7, 11) is 0. The molecular formula is C7H12F2O. The number of carbonyl (C=O) groups is 1. The van der Waals surface area contributed by atoms with E-state index in [1.54, 1.807) is 6.92 Å². The molecule has 0 amide bonds. The summed E-state index contributed by atoms with van der Waals surface area (Å²) in [6.45, 7) is 3.03. The molecule has 0 N–H and O–H groups in total.